The summed E-state index contributed by atoms with van der Waals surface area (Å²) >= 11 is 0. The maximum atomic E-state index is 11.5. The van der Waals surface area contributed by atoms with Gasteiger partial charge in [-0.3, -0.25) is 4.79 Å². The number of benzene rings is 1. The van der Waals surface area contributed by atoms with Gasteiger partial charge in [-0.25, -0.2) is 0 Å². The number of aliphatic hydroxyl groups is 1. The van der Waals surface area contributed by atoms with Gasteiger partial charge in [0.25, 0.3) is 5.91 Å². The molecular weight excluding hydrogens is 230 g/mol. The summed E-state index contributed by atoms with van der Waals surface area (Å²) in [5.41, 5.74) is 0.621. The van der Waals surface area contributed by atoms with Gasteiger partial charge in [0.15, 0.2) is 0 Å². The summed E-state index contributed by atoms with van der Waals surface area (Å²) in [7, 11) is 0. The lowest BCUT2D eigenvalue weighted by Crippen LogP contribution is -2.25. The van der Waals surface area contributed by atoms with Crippen LogP contribution in [0.15, 0.2) is 24.3 Å². The fourth-order valence-corrected chi connectivity index (χ4v) is 2.10. The van der Waals surface area contributed by atoms with Crippen LogP contribution in [0.4, 0.5) is 5.69 Å². The molecule has 0 saturated heterocycles. The van der Waals surface area contributed by atoms with E-state index in [2.05, 4.69) is 5.32 Å². The van der Waals surface area contributed by atoms with Gasteiger partial charge in [-0.2, -0.15) is 0 Å². The second-order valence-corrected chi connectivity index (χ2v) is 4.69. The molecule has 1 unspecified atom stereocenters. The fourth-order valence-electron chi connectivity index (χ4n) is 2.10. The highest BCUT2D eigenvalue weighted by Crippen LogP contribution is 2.29. The third-order valence-electron chi connectivity index (χ3n) is 3.12. The quantitative estimate of drug-likeness (QED) is 0.861. The molecule has 1 saturated carbocycles. The van der Waals surface area contributed by atoms with Crippen LogP contribution in [-0.2, 0) is 4.79 Å². The molecule has 0 heterocycles. The Hall–Kier alpha value is -1.55. The summed E-state index contributed by atoms with van der Waals surface area (Å²) in [4.78, 5) is 11.5. The molecule has 1 aromatic carbocycles. The fraction of sp³-hybridized carbons (Fsp3) is 0.500. The Labute approximate surface area is 107 Å². The van der Waals surface area contributed by atoms with E-state index in [4.69, 9.17) is 4.74 Å². The van der Waals surface area contributed by atoms with Gasteiger partial charge in [0.1, 0.15) is 11.9 Å². The van der Waals surface area contributed by atoms with Gasteiger partial charge in [0.05, 0.1) is 11.8 Å². The topological polar surface area (TPSA) is 58.6 Å². The van der Waals surface area contributed by atoms with E-state index >= 15 is 0 Å². The molecule has 4 nitrogen and oxygen atoms in total. The van der Waals surface area contributed by atoms with E-state index in [1.54, 1.807) is 6.07 Å². The molecule has 98 valence electrons. The summed E-state index contributed by atoms with van der Waals surface area (Å²) in [6.45, 7) is 1.44. The van der Waals surface area contributed by atoms with Crippen molar-refractivity contribution in [2.24, 2.45) is 0 Å². The normalized spacial score (nSPS) is 17.4. The second kappa shape index (κ2) is 5.87. The Kier molecular flexibility index (Phi) is 4.20. The average molecular weight is 249 g/mol. The van der Waals surface area contributed by atoms with Crippen LogP contribution in [0.5, 0.6) is 5.75 Å². The lowest BCUT2D eigenvalue weighted by atomic mass is 10.2. The van der Waals surface area contributed by atoms with E-state index in [-0.39, 0.29) is 6.10 Å². The molecule has 0 bridgehead atoms. The smallest absolute Gasteiger partial charge is 0.253 e. The maximum Gasteiger partial charge on any atom is 0.253 e. The third kappa shape index (κ3) is 3.23. The zero-order chi connectivity index (χ0) is 13.0. The number of para-hydroxylation sites is 2. The first kappa shape index (κ1) is 12.9. The molecule has 1 aliphatic rings. The molecule has 4 heteroatoms. The van der Waals surface area contributed by atoms with Crippen molar-refractivity contribution in [3.8, 4) is 5.75 Å². The van der Waals surface area contributed by atoms with Gasteiger partial charge >= 0.3 is 0 Å². The van der Waals surface area contributed by atoms with Crippen molar-refractivity contribution < 1.29 is 14.6 Å². The number of hydrogen-bond acceptors (Lipinski definition) is 3. The number of rotatable bonds is 4. The van der Waals surface area contributed by atoms with Crippen molar-refractivity contribution in [2.75, 3.05) is 5.32 Å². The Balaban J connectivity index is 2.07. The minimum absolute atomic E-state index is 0.245. The molecule has 0 spiro atoms. The number of carbonyl (C=O) groups is 1. The molecule has 18 heavy (non-hydrogen) atoms. The predicted octanol–water partition coefficient (Wildman–Crippen LogP) is 2.33. The molecule has 1 amide bonds. The lowest BCUT2D eigenvalue weighted by molar-refractivity contribution is -0.123. The average Bonchev–Trinajstić information content (AvgIpc) is 2.84. The Morgan fingerprint density at radius 1 is 1.39 bits per heavy atom. The van der Waals surface area contributed by atoms with Crippen LogP contribution in [0.25, 0.3) is 0 Å². The van der Waals surface area contributed by atoms with Crippen molar-refractivity contribution in [2.45, 2.75) is 44.8 Å². The highest BCUT2D eigenvalue weighted by molar-refractivity contribution is 5.94. The van der Waals surface area contributed by atoms with Crippen molar-refractivity contribution in [1.82, 2.24) is 0 Å². The number of ether oxygens (including phenoxy) is 1. The molecular formula is C14H19NO3. The molecule has 0 aliphatic heterocycles. The number of aliphatic hydroxyl groups excluding tert-OH is 1. The minimum Gasteiger partial charge on any atom is -0.488 e. The van der Waals surface area contributed by atoms with Crippen molar-refractivity contribution >= 4 is 11.6 Å². The van der Waals surface area contributed by atoms with Crippen molar-refractivity contribution in [3.63, 3.8) is 0 Å². The highest BCUT2D eigenvalue weighted by atomic mass is 16.5. The minimum atomic E-state index is -1.02. The van der Waals surface area contributed by atoms with Crippen molar-refractivity contribution in [3.05, 3.63) is 24.3 Å². The van der Waals surface area contributed by atoms with Crippen LogP contribution >= 0.6 is 0 Å². The largest absolute Gasteiger partial charge is 0.488 e. The Morgan fingerprint density at radius 2 is 2.06 bits per heavy atom. The predicted molar refractivity (Wildman–Crippen MR) is 69.6 cm³/mol. The van der Waals surface area contributed by atoms with Crippen LogP contribution < -0.4 is 10.1 Å². The van der Waals surface area contributed by atoms with Crippen LogP contribution in [0.2, 0.25) is 0 Å². The molecule has 2 N–H and O–H groups in total. The first-order chi connectivity index (χ1) is 8.66. The standard InChI is InChI=1S/C14H19NO3/c1-10(16)14(17)15-12-8-4-5-9-13(12)18-11-6-2-3-7-11/h4-5,8-11,16H,2-3,6-7H2,1H3,(H,15,17). The van der Waals surface area contributed by atoms with Gasteiger partial charge in [-0.1, -0.05) is 12.1 Å². The summed E-state index contributed by atoms with van der Waals surface area (Å²) in [5, 5.41) is 11.9. The van der Waals surface area contributed by atoms with Crippen LogP contribution in [0, 0.1) is 0 Å². The van der Waals surface area contributed by atoms with Gasteiger partial charge in [-0.05, 0) is 44.7 Å². The zero-order valence-electron chi connectivity index (χ0n) is 10.6. The van der Waals surface area contributed by atoms with E-state index in [1.165, 1.54) is 19.8 Å². The SMILES string of the molecule is CC(O)C(=O)Nc1ccccc1OC1CCCC1. The monoisotopic (exact) mass is 249 g/mol. The van der Waals surface area contributed by atoms with Gasteiger partial charge < -0.3 is 15.2 Å². The Bertz CT molecular complexity index is 411. The number of hydrogen-bond donors (Lipinski definition) is 2. The lowest BCUT2D eigenvalue weighted by Gasteiger charge is -2.17. The molecule has 1 aromatic rings. The maximum absolute atomic E-state index is 11.5. The first-order valence-corrected chi connectivity index (χ1v) is 6.41. The van der Waals surface area contributed by atoms with Gasteiger partial charge in [-0.15, -0.1) is 0 Å². The van der Waals surface area contributed by atoms with Crippen molar-refractivity contribution in [1.29, 1.82) is 0 Å². The van der Waals surface area contributed by atoms with E-state index in [9.17, 15) is 9.90 Å². The van der Waals surface area contributed by atoms with Gasteiger partial charge in [0, 0.05) is 0 Å². The summed E-state index contributed by atoms with van der Waals surface area (Å²) < 4.78 is 5.89. The Morgan fingerprint density at radius 3 is 2.72 bits per heavy atom. The molecule has 1 fully saturated rings. The third-order valence-corrected chi connectivity index (χ3v) is 3.12. The van der Waals surface area contributed by atoms with E-state index < -0.39 is 12.0 Å². The number of amides is 1. The molecule has 1 aliphatic carbocycles. The molecule has 0 aromatic heterocycles. The summed E-state index contributed by atoms with van der Waals surface area (Å²) in [5.74, 6) is 0.260. The van der Waals surface area contributed by atoms with E-state index in [0.717, 1.165) is 12.8 Å². The zero-order valence-corrected chi connectivity index (χ0v) is 10.6. The first-order valence-electron chi connectivity index (χ1n) is 6.41. The van der Waals surface area contributed by atoms with Crippen LogP contribution in [0.3, 0.4) is 0 Å². The molecule has 0 radical (unpaired) electrons. The molecule has 2 rings (SSSR count). The van der Waals surface area contributed by atoms with Gasteiger partial charge in [0.2, 0.25) is 0 Å². The highest BCUT2D eigenvalue weighted by Gasteiger charge is 2.18. The van der Waals surface area contributed by atoms with E-state index in [0.29, 0.717) is 11.4 Å². The summed E-state index contributed by atoms with van der Waals surface area (Å²) in [6.07, 6.45) is 3.76. The molecule has 1 atom stereocenters. The second-order valence-electron chi connectivity index (χ2n) is 4.69. The number of carbonyl (C=O) groups excluding carboxylic acids is 1. The number of anilines is 1. The van der Waals surface area contributed by atoms with Crippen LogP contribution in [-0.4, -0.2) is 23.2 Å². The number of nitrogens with one attached hydrogen (secondary N) is 1. The van der Waals surface area contributed by atoms with E-state index in [1.807, 2.05) is 18.2 Å². The van der Waals surface area contributed by atoms with Crippen LogP contribution in [0.1, 0.15) is 32.6 Å². The summed E-state index contributed by atoms with van der Waals surface area (Å²) in [6, 6.07) is 7.34.